The number of nitrogens with one attached hydrogen (secondary N) is 1. The molecule has 0 aliphatic carbocycles. The van der Waals surface area contributed by atoms with Gasteiger partial charge in [-0.3, -0.25) is 8.98 Å². The lowest BCUT2D eigenvalue weighted by Crippen LogP contribution is -2.43. The first-order chi connectivity index (χ1) is 6.38. The zero-order valence-corrected chi connectivity index (χ0v) is 8.46. The molecule has 1 N–H and O–H groups in total. The van der Waals surface area contributed by atoms with Crippen LogP contribution in [0.1, 0.15) is 0 Å². The highest BCUT2D eigenvalue weighted by Crippen LogP contribution is 2.07. The Bertz CT molecular complexity index is 347. The van der Waals surface area contributed by atoms with E-state index in [2.05, 4.69) is 16.1 Å². The van der Waals surface area contributed by atoms with Gasteiger partial charge in [0.15, 0.2) is 5.76 Å². The fraction of sp³-hybridized carbons (Fsp3) is 0.571. The Morgan fingerprint density at radius 3 is 2.86 bits per heavy atom. The smallest absolute Gasteiger partial charge is 0.285 e. The summed E-state index contributed by atoms with van der Waals surface area (Å²) in [5.41, 5.74) is 0. The van der Waals surface area contributed by atoms with E-state index in [1.165, 1.54) is 0 Å². The van der Waals surface area contributed by atoms with E-state index in [1.807, 2.05) is 0 Å². The first kappa shape index (κ1) is 11.0. The van der Waals surface area contributed by atoms with Crippen LogP contribution in [-0.2, 0) is 23.8 Å². The molecule has 1 amide bonds. The van der Waals surface area contributed by atoms with E-state index >= 15 is 0 Å². The van der Waals surface area contributed by atoms with E-state index in [-0.39, 0.29) is 24.8 Å². The molecule has 0 aromatic heterocycles. The van der Waals surface area contributed by atoms with Gasteiger partial charge in [-0.1, -0.05) is 6.58 Å². The third-order valence-corrected chi connectivity index (χ3v) is 2.08. The number of ether oxygens (including phenoxy) is 1. The predicted molar refractivity (Wildman–Crippen MR) is 47.8 cm³/mol. The Balaban J connectivity index is 2.41. The van der Waals surface area contributed by atoms with Crippen molar-refractivity contribution in [2.75, 3.05) is 19.4 Å². The quantitative estimate of drug-likeness (QED) is 0.488. The van der Waals surface area contributed by atoms with Crippen LogP contribution < -0.4 is 5.32 Å². The second kappa shape index (κ2) is 3.97. The molecule has 0 spiro atoms. The van der Waals surface area contributed by atoms with Crippen LogP contribution in [0.3, 0.4) is 0 Å². The highest BCUT2D eigenvalue weighted by molar-refractivity contribution is 7.85. The van der Waals surface area contributed by atoms with Gasteiger partial charge in [-0.25, -0.2) is 0 Å². The van der Waals surface area contributed by atoms with Gasteiger partial charge in [0.2, 0.25) is 0 Å². The fourth-order valence-electron chi connectivity index (χ4n) is 0.894. The Kier molecular flexibility index (Phi) is 3.12. The molecule has 0 aromatic carbocycles. The van der Waals surface area contributed by atoms with E-state index < -0.39 is 16.2 Å². The van der Waals surface area contributed by atoms with Crippen LogP contribution >= 0.6 is 0 Å². The second-order valence-electron chi connectivity index (χ2n) is 2.86. The zero-order valence-electron chi connectivity index (χ0n) is 7.65. The molecule has 7 heteroatoms. The Labute approximate surface area is 82.0 Å². The molecule has 6 nitrogen and oxygen atoms in total. The van der Waals surface area contributed by atoms with E-state index in [0.717, 1.165) is 6.26 Å². The summed E-state index contributed by atoms with van der Waals surface area (Å²) in [6.07, 6.45) is 0.443. The van der Waals surface area contributed by atoms with Gasteiger partial charge in [0, 0.05) is 0 Å². The van der Waals surface area contributed by atoms with Crippen LogP contribution in [0.5, 0.6) is 0 Å². The first-order valence-electron chi connectivity index (χ1n) is 3.86. The maximum absolute atomic E-state index is 10.8. The monoisotopic (exact) mass is 221 g/mol. The van der Waals surface area contributed by atoms with Crippen LogP contribution in [0, 0.1) is 0 Å². The zero-order chi connectivity index (χ0) is 10.8. The summed E-state index contributed by atoms with van der Waals surface area (Å²) in [4.78, 5) is 10.8. The molecule has 14 heavy (non-hydrogen) atoms. The summed E-state index contributed by atoms with van der Waals surface area (Å²) < 4.78 is 30.8. The summed E-state index contributed by atoms with van der Waals surface area (Å²) in [6, 6.07) is 0. The van der Waals surface area contributed by atoms with Crippen LogP contribution in [0.4, 0.5) is 0 Å². The van der Waals surface area contributed by atoms with Crippen molar-refractivity contribution in [2.24, 2.45) is 0 Å². The van der Waals surface area contributed by atoms with Gasteiger partial charge in [0.1, 0.15) is 12.7 Å². The molecule has 1 atom stereocenters. The summed E-state index contributed by atoms with van der Waals surface area (Å²) >= 11 is 0. The molecule has 1 heterocycles. The fourth-order valence-corrected chi connectivity index (χ4v) is 1.29. The summed E-state index contributed by atoms with van der Waals surface area (Å²) in [5, 5.41) is 2.48. The lowest BCUT2D eigenvalue weighted by atomic mass is 10.3. The van der Waals surface area contributed by atoms with Crippen molar-refractivity contribution in [2.45, 2.75) is 6.10 Å². The lowest BCUT2D eigenvalue weighted by molar-refractivity contribution is -0.126. The molecule has 0 unspecified atom stereocenters. The number of hydrogen-bond acceptors (Lipinski definition) is 5. The molecule has 1 aliphatic heterocycles. The molecule has 0 saturated carbocycles. The summed E-state index contributed by atoms with van der Waals surface area (Å²) in [6.45, 7) is 3.44. The molecule has 1 aliphatic rings. The molecule has 1 rings (SSSR count). The van der Waals surface area contributed by atoms with Gasteiger partial charge < -0.3 is 10.1 Å². The molecular weight excluding hydrogens is 210 g/mol. The topological polar surface area (TPSA) is 81.7 Å². The number of carbonyl (C=O) groups excluding carboxylic acids is 1. The van der Waals surface area contributed by atoms with E-state index in [9.17, 15) is 13.2 Å². The van der Waals surface area contributed by atoms with Crippen LogP contribution in [0.2, 0.25) is 0 Å². The highest BCUT2D eigenvalue weighted by Gasteiger charge is 2.23. The van der Waals surface area contributed by atoms with Gasteiger partial charge in [0.25, 0.3) is 16.0 Å². The molecule has 1 fully saturated rings. The number of amides is 1. The SMILES string of the molecule is C=C1O[C@@H](COS(C)(=O)=O)CNC1=O. The largest absolute Gasteiger partial charge is 0.481 e. The standard InChI is InChI=1S/C7H11NO5S/c1-5-7(9)8-3-6(13-5)4-12-14(2,10)11/h6H,1,3-4H2,2H3,(H,8,9)/t6-/m1/s1. The molecule has 80 valence electrons. The van der Waals surface area contributed by atoms with Crippen LogP contribution in [-0.4, -0.2) is 39.8 Å². The molecule has 1 saturated heterocycles. The highest BCUT2D eigenvalue weighted by atomic mass is 32.2. The van der Waals surface area contributed by atoms with Crippen molar-refractivity contribution in [3.8, 4) is 0 Å². The predicted octanol–water partition coefficient (Wildman–Crippen LogP) is -1.01. The van der Waals surface area contributed by atoms with E-state index in [1.54, 1.807) is 0 Å². The minimum absolute atomic E-state index is 0.0293. The summed E-state index contributed by atoms with van der Waals surface area (Å²) in [7, 11) is -3.48. The average molecular weight is 221 g/mol. The maximum atomic E-state index is 10.8. The van der Waals surface area contributed by atoms with Gasteiger partial charge in [-0.05, 0) is 0 Å². The number of rotatable bonds is 3. The van der Waals surface area contributed by atoms with Crippen molar-refractivity contribution < 1.29 is 22.1 Å². The van der Waals surface area contributed by atoms with Crippen molar-refractivity contribution in [1.29, 1.82) is 0 Å². The maximum Gasteiger partial charge on any atom is 0.285 e. The molecule has 0 aromatic rings. The average Bonchev–Trinajstić information content (AvgIpc) is 2.06. The van der Waals surface area contributed by atoms with Crippen molar-refractivity contribution >= 4 is 16.0 Å². The second-order valence-corrected chi connectivity index (χ2v) is 4.51. The van der Waals surface area contributed by atoms with Crippen molar-refractivity contribution in [3.63, 3.8) is 0 Å². The van der Waals surface area contributed by atoms with Crippen molar-refractivity contribution in [1.82, 2.24) is 5.32 Å². The van der Waals surface area contributed by atoms with Crippen LogP contribution in [0.15, 0.2) is 12.3 Å². The Morgan fingerprint density at radius 2 is 2.36 bits per heavy atom. The number of carbonyl (C=O) groups is 1. The first-order valence-corrected chi connectivity index (χ1v) is 5.68. The van der Waals surface area contributed by atoms with Gasteiger partial charge in [-0.2, -0.15) is 8.42 Å². The molecular formula is C7H11NO5S. The Hall–Kier alpha value is -1.08. The van der Waals surface area contributed by atoms with E-state index in [4.69, 9.17) is 4.74 Å². The minimum Gasteiger partial charge on any atom is -0.481 e. The van der Waals surface area contributed by atoms with Gasteiger partial charge >= 0.3 is 0 Å². The number of morpholine rings is 1. The minimum atomic E-state index is -3.48. The lowest BCUT2D eigenvalue weighted by Gasteiger charge is -2.24. The third kappa shape index (κ3) is 3.35. The van der Waals surface area contributed by atoms with Crippen molar-refractivity contribution in [3.05, 3.63) is 12.3 Å². The Morgan fingerprint density at radius 1 is 1.71 bits per heavy atom. The van der Waals surface area contributed by atoms with Crippen LogP contribution in [0.25, 0.3) is 0 Å². The van der Waals surface area contributed by atoms with Gasteiger partial charge in [0.05, 0.1) is 12.8 Å². The molecule has 0 radical (unpaired) electrons. The molecule has 0 bridgehead atoms. The number of hydrogen-bond donors (Lipinski definition) is 1. The summed E-state index contributed by atoms with van der Waals surface area (Å²) in [5.74, 6) is -0.418. The third-order valence-electron chi connectivity index (χ3n) is 1.52. The normalized spacial score (nSPS) is 22.8. The van der Waals surface area contributed by atoms with Gasteiger partial charge in [-0.15, -0.1) is 0 Å². The van der Waals surface area contributed by atoms with E-state index in [0.29, 0.717) is 0 Å².